The minimum Gasteiger partial charge on any atom is -0.282 e. The van der Waals surface area contributed by atoms with E-state index in [0.717, 1.165) is 6.42 Å². The van der Waals surface area contributed by atoms with E-state index in [1.54, 1.807) is 14.0 Å². The van der Waals surface area contributed by atoms with Crippen LogP contribution in [0.25, 0.3) is 0 Å². The van der Waals surface area contributed by atoms with Crippen LogP contribution in [0.4, 0.5) is 0 Å². The fraction of sp³-hybridized carbons (Fsp3) is 0.875. The number of carbonyl (C=O) groups is 1. The maximum atomic E-state index is 11.8. The Bertz CT molecular complexity index is 262. The third kappa shape index (κ3) is 4.98. The number of alkyl halides is 1. The lowest BCUT2D eigenvalue weighted by Crippen LogP contribution is -2.37. The van der Waals surface area contributed by atoms with Crippen LogP contribution in [0.5, 0.6) is 0 Å². The monoisotopic (exact) mass is 255 g/mol. The SMILES string of the molecule is CCCN(C)P(N)(=O)NC(=O)C(Cl)CC. The minimum atomic E-state index is -3.27. The zero-order valence-electron chi connectivity index (χ0n) is 9.36. The van der Waals surface area contributed by atoms with Crippen LogP contribution in [-0.4, -0.2) is 29.5 Å². The summed E-state index contributed by atoms with van der Waals surface area (Å²) in [6, 6.07) is 0. The van der Waals surface area contributed by atoms with Gasteiger partial charge >= 0.3 is 7.59 Å². The van der Waals surface area contributed by atoms with Crippen LogP contribution in [0.1, 0.15) is 26.7 Å². The van der Waals surface area contributed by atoms with Gasteiger partial charge in [0.2, 0.25) is 5.91 Å². The molecule has 0 spiro atoms. The first kappa shape index (κ1) is 14.9. The molecule has 0 rings (SSSR count). The second-order valence-electron chi connectivity index (χ2n) is 3.36. The highest BCUT2D eigenvalue weighted by atomic mass is 35.5. The van der Waals surface area contributed by atoms with Gasteiger partial charge in [-0.05, 0) is 19.9 Å². The molecular weight excluding hydrogens is 237 g/mol. The molecule has 0 aliphatic rings. The highest BCUT2D eigenvalue weighted by Crippen LogP contribution is 2.34. The average molecular weight is 256 g/mol. The number of nitrogens with one attached hydrogen (secondary N) is 1. The van der Waals surface area contributed by atoms with E-state index in [2.05, 4.69) is 5.09 Å². The topological polar surface area (TPSA) is 75.4 Å². The lowest BCUT2D eigenvalue weighted by Gasteiger charge is -2.25. The van der Waals surface area contributed by atoms with Crippen LogP contribution < -0.4 is 10.6 Å². The van der Waals surface area contributed by atoms with Crippen LogP contribution in [0.3, 0.4) is 0 Å². The van der Waals surface area contributed by atoms with Gasteiger partial charge in [0.15, 0.2) is 0 Å². The average Bonchev–Trinajstić information content (AvgIpc) is 2.16. The van der Waals surface area contributed by atoms with Crippen molar-refractivity contribution < 1.29 is 9.36 Å². The van der Waals surface area contributed by atoms with Crippen molar-refractivity contribution in [1.82, 2.24) is 9.76 Å². The number of hydrogen-bond donors (Lipinski definition) is 2. The van der Waals surface area contributed by atoms with E-state index in [-0.39, 0.29) is 0 Å². The third-order valence-corrected chi connectivity index (χ3v) is 4.23. The molecule has 2 unspecified atom stereocenters. The van der Waals surface area contributed by atoms with Gasteiger partial charge in [0, 0.05) is 6.54 Å². The van der Waals surface area contributed by atoms with Crippen molar-refractivity contribution in [2.24, 2.45) is 5.50 Å². The Labute approximate surface area is 95.9 Å². The van der Waals surface area contributed by atoms with Crippen LogP contribution >= 0.6 is 19.2 Å². The maximum Gasteiger partial charge on any atom is 0.305 e. The van der Waals surface area contributed by atoms with E-state index < -0.39 is 18.9 Å². The van der Waals surface area contributed by atoms with Gasteiger partial charge in [-0.2, -0.15) is 0 Å². The van der Waals surface area contributed by atoms with Crippen molar-refractivity contribution in [2.75, 3.05) is 13.6 Å². The summed E-state index contributed by atoms with van der Waals surface area (Å²) >= 11 is 5.70. The second-order valence-corrected chi connectivity index (χ2v) is 6.04. The van der Waals surface area contributed by atoms with Gasteiger partial charge in [-0.1, -0.05) is 13.8 Å². The Morgan fingerprint density at radius 1 is 1.60 bits per heavy atom. The van der Waals surface area contributed by atoms with Crippen LogP contribution in [0.2, 0.25) is 0 Å². The number of halogens is 1. The first-order chi connectivity index (χ1) is 6.85. The molecule has 0 radical (unpaired) electrons. The first-order valence-electron chi connectivity index (χ1n) is 4.91. The highest BCUT2D eigenvalue weighted by Gasteiger charge is 2.26. The summed E-state index contributed by atoms with van der Waals surface area (Å²) in [5.74, 6) is -0.479. The molecule has 0 aromatic carbocycles. The van der Waals surface area contributed by atoms with Crippen molar-refractivity contribution in [3.05, 3.63) is 0 Å². The summed E-state index contributed by atoms with van der Waals surface area (Å²) in [6.07, 6.45) is 1.29. The molecule has 0 heterocycles. The van der Waals surface area contributed by atoms with Gasteiger partial charge in [-0.25, -0.2) is 4.67 Å². The molecule has 0 bridgehead atoms. The molecule has 2 atom stereocenters. The molecule has 5 nitrogen and oxygen atoms in total. The maximum absolute atomic E-state index is 11.8. The molecule has 1 amide bonds. The molecule has 7 heteroatoms. The zero-order chi connectivity index (χ0) is 12.1. The lowest BCUT2D eigenvalue weighted by molar-refractivity contribution is -0.119. The highest BCUT2D eigenvalue weighted by molar-refractivity contribution is 7.57. The Kier molecular flexibility index (Phi) is 6.44. The van der Waals surface area contributed by atoms with Crippen molar-refractivity contribution in [3.8, 4) is 0 Å². The molecule has 90 valence electrons. The summed E-state index contributed by atoms with van der Waals surface area (Å²) in [6.45, 7) is 4.27. The van der Waals surface area contributed by atoms with Gasteiger partial charge < -0.3 is 0 Å². The van der Waals surface area contributed by atoms with E-state index in [4.69, 9.17) is 17.1 Å². The fourth-order valence-electron chi connectivity index (χ4n) is 0.971. The molecule has 0 aliphatic heterocycles. The number of rotatable bonds is 6. The number of carbonyl (C=O) groups excluding carboxylic acids is 1. The van der Waals surface area contributed by atoms with Crippen LogP contribution in [0.15, 0.2) is 0 Å². The number of nitrogens with zero attached hydrogens (tertiary/aromatic N) is 1. The predicted molar refractivity (Wildman–Crippen MR) is 62.8 cm³/mol. The Morgan fingerprint density at radius 2 is 2.13 bits per heavy atom. The summed E-state index contributed by atoms with van der Waals surface area (Å²) in [5.41, 5.74) is 5.53. The summed E-state index contributed by atoms with van der Waals surface area (Å²) in [7, 11) is -1.66. The van der Waals surface area contributed by atoms with Crippen LogP contribution in [0, 0.1) is 0 Å². The standard InChI is InChI=1S/C8H19ClN3O2P/c1-4-6-12(3)15(10,14)11-8(13)7(9)5-2/h7H,4-6H2,1-3H3,(H3,10,11,13,14). The van der Waals surface area contributed by atoms with E-state index in [1.165, 1.54) is 4.67 Å². The number of nitrogens with two attached hydrogens (primary N) is 1. The van der Waals surface area contributed by atoms with Gasteiger partial charge in [-0.15, -0.1) is 11.6 Å². The van der Waals surface area contributed by atoms with Gasteiger partial charge in [-0.3, -0.25) is 20.0 Å². The van der Waals surface area contributed by atoms with Crippen molar-refractivity contribution in [2.45, 2.75) is 32.1 Å². The molecule has 0 aromatic heterocycles. The summed E-state index contributed by atoms with van der Waals surface area (Å²) in [5, 5.41) is 1.60. The first-order valence-corrected chi connectivity index (χ1v) is 7.08. The van der Waals surface area contributed by atoms with Crippen LogP contribution in [-0.2, 0) is 9.36 Å². The number of hydrogen-bond acceptors (Lipinski definition) is 2. The molecule has 0 aromatic rings. The van der Waals surface area contributed by atoms with Crippen molar-refractivity contribution in [1.29, 1.82) is 0 Å². The van der Waals surface area contributed by atoms with E-state index >= 15 is 0 Å². The molecule has 0 saturated carbocycles. The van der Waals surface area contributed by atoms with Gasteiger partial charge in [0.25, 0.3) is 0 Å². The largest absolute Gasteiger partial charge is 0.305 e. The fourth-order valence-corrected chi connectivity index (χ4v) is 2.24. The Hall–Kier alpha value is -0.0900. The molecular formula is C8H19ClN3O2P. The normalized spacial score (nSPS) is 17.2. The van der Waals surface area contributed by atoms with E-state index in [9.17, 15) is 9.36 Å². The zero-order valence-corrected chi connectivity index (χ0v) is 11.0. The van der Waals surface area contributed by atoms with Crippen molar-refractivity contribution in [3.63, 3.8) is 0 Å². The molecule has 15 heavy (non-hydrogen) atoms. The van der Waals surface area contributed by atoms with Crippen molar-refractivity contribution >= 4 is 25.1 Å². The third-order valence-electron chi connectivity index (χ3n) is 1.97. The molecule has 3 N–H and O–H groups in total. The smallest absolute Gasteiger partial charge is 0.282 e. The van der Waals surface area contributed by atoms with Gasteiger partial charge in [0.1, 0.15) is 5.38 Å². The van der Waals surface area contributed by atoms with E-state index in [0.29, 0.717) is 13.0 Å². The molecule has 0 aliphatic carbocycles. The van der Waals surface area contributed by atoms with Gasteiger partial charge in [0.05, 0.1) is 0 Å². The second kappa shape index (κ2) is 6.48. The molecule has 0 saturated heterocycles. The Morgan fingerprint density at radius 3 is 2.53 bits per heavy atom. The quantitative estimate of drug-likeness (QED) is 0.557. The summed E-state index contributed by atoms with van der Waals surface area (Å²) in [4.78, 5) is 11.4. The predicted octanol–water partition coefficient (Wildman–Crippen LogP) is 1.53. The van der Waals surface area contributed by atoms with E-state index in [1.807, 2.05) is 6.92 Å². The minimum absolute atomic E-state index is 0.477. The number of amides is 1. The molecule has 0 fully saturated rings. The lowest BCUT2D eigenvalue weighted by atomic mass is 10.3. The Balaban J connectivity index is 4.37. The summed E-state index contributed by atoms with van der Waals surface area (Å²) < 4.78 is 13.3.